The molecule has 4 rings (SSSR count). The number of nitrogens with one attached hydrogen (secondary N) is 1. The summed E-state index contributed by atoms with van der Waals surface area (Å²) in [6.07, 6.45) is 1.56. The van der Waals surface area contributed by atoms with Crippen LogP contribution in [0.3, 0.4) is 0 Å². The fourth-order valence-corrected chi connectivity index (χ4v) is 3.86. The normalized spacial score (nSPS) is 15.0. The van der Waals surface area contributed by atoms with Gasteiger partial charge in [0.25, 0.3) is 5.89 Å². The van der Waals surface area contributed by atoms with Crippen LogP contribution in [0.4, 0.5) is 0 Å². The monoisotopic (exact) mass is 402 g/mol. The molecule has 7 heteroatoms. The van der Waals surface area contributed by atoms with Gasteiger partial charge in [-0.1, -0.05) is 29.4 Å². The Balaban J connectivity index is 1.73. The van der Waals surface area contributed by atoms with E-state index in [1.165, 1.54) is 6.92 Å². The molecule has 0 aliphatic heterocycles. The van der Waals surface area contributed by atoms with Gasteiger partial charge >= 0.3 is 0 Å². The van der Waals surface area contributed by atoms with Gasteiger partial charge in [-0.05, 0) is 49.9 Å². The van der Waals surface area contributed by atoms with Crippen LogP contribution in [0.25, 0.3) is 22.8 Å². The van der Waals surface area contributed by atoms with E-state index in [4.69, 9.17) is 9.26 Å². The van der Waals surface area contributed by atoms with E-state index < -0.39 is 0 Å². The fourth-order valence-electron chi connectivity index (χ4n) is 3.86. The minimum Gasteiger partial charge on any atom is -0.489 e. The maximum atomic E-state index is 11.5. The van der Waals surface area contributed by atoms with Crippen molar-refractivity contribution in [3.63, 3.8) is 0 Å². The molecule has 30 heavy (non-hydrogen) atoms. The van der Waals surface area contributed by atoms with E-state index in [0.717, 1.165) is 29.5 Å². The maximum Gasteiger partial charge on any atom is 0.262 e. The summed E-state index contributed by atoms with van der Waals surface area (Å²) in [5.41, 5.74) is 4.10. The molecule has 3 aromatic rings. The molecular formula is C23H22N4O3. The minimum atomic E-state index is -0.108. The molecule has 0 saturated carbocycles. The molecule has 0 fully saturated rings. The number of fused-ring (bicyclic) bond motifs is 1. The van der Waals surface area contributed by atoms with Gasteiger partial charge in [0.05, 0.1) is 23.3 Å². The van der Waals surface area contributed by atoms with Gasteiger partial charge in [-0.25, -0.2) is 0 Å². The average molecular weight is 402 g/mol. The van der Waals surface area contributed by atoms with Crippen molar-refractivity contribution in [1.82, 2.24) is 15.5 Å². The molecule has 0 saturated heterocycles. The Morgan fingerprint density at radius 1 is 1.27 bits per heavy atom. The summed E-state index contributed by atoms with van der Waals surface area (Å²) in [5.74, 6) is 1.17. The number of carbonyl (C=O) groups is 1. The van der Waals surface area contributed by atoms with Crippen molar-refractivity contribution in [2.24, 2.45) is 0 Å². The predicted molar refractivity (Wildman–Crippen MR) is 111 cm³/mol. The molecule has 1 atom stereocenters. The van der Waals surface area contributed by atoms with Crippen LogP contribution in [0.5, 0.6) is 5.75 Å². The van der Waals surface area contributed by atoms with Crippen molar-refractivity contribution < 1.29 is 14.1 Å². The van der Waals surface area contributed by atoms with Crippen molar-refractivity contribution in [3.8, 4) is 34.7 Å². The van der Waals surface area contributed by atoms with Crippen molar-refractivity contribution in [3.05, 3.63) is 53.1 Å². The van der Waals surface area contributed by atoms with Crippen LogP contribution in [0.2, 0.25) is 0 Å². The highest BCUT2D eigenvalue weighted by atomic mass is 16.5. The zero-order valence-electron chi connectivity index (χ0n) is 17.1. The number of hydrogen-bond donors (Lipinski definition) is 1. The summed E-state index contributed by atoms with van der Waals surface area (Å²) >= 11 is 0. The molecule has 1 unspecified atom stereocenters. The molecule has 0 spiro atoms. The van der Waals surface area contributed by atoms with Gasteiger partial charge < -0.3 is 14.6 Å². The molecule has 7 nitrogen and oxygen atoms in total. The van der Waals surface area contributed by atoms with Crippen molar-refractivity contribution in [1.29, 1.82) is 5.26 Å². The van der Waals surface area contributed by atoms with E-state index in [9.17, 15) is 10.1 Å². The number of carbonyl (C=O) groups excluding carboxylic acids is 1. The first-order valence-corrected chi connectivity index (χ1v) is 9.91. The lowest BCUT2D eigenvalue weighted by Gasteiger charge is -2.13. The van der Waals surface area contributed by atoms with Crippen LogP contribution in [0.15, 0.2) is 40.9 Å². The number of rotatable bonds is 5. The maximum absolute atomic E-state index is 11.5. The summed E-state index contributed by atoms with van der Waals surface area (Å²) in [6, 6.07) is 13.4. The first-order valence-electron chi connectivity index (χ1n) is 9.91. The lowest BCUT2D eigenvalue weighted by atomic mass is 10.0. The molecule has 0 radical (unpaired) electrons. The van der Waals surface area contributed by atoms with E-state index in [0.29, 0.717) is 28.6 Å². The van der Waals surface area contributed by atoms with Gasteiger partial charge in [-0.3, -0.25) is 4.79 Å². The minimum absolute atomic E-state index is 0.00201. The third-order valence-electron chi connectivity index (χ3n) is 5.03. The van der Waals surface area contributed by atoms with Crippen LogP contribution in [0, 0.1) is 11.3 Å². The number of ether oxygens (including phenoxy) is 1. The second-order valence-corrected chi connectivity index (χ2v) is 7.55. The summed E-state index contributed by atoms with van der Waals surface area (Å²) in [6.45, 7) is 5.32. The molecule has 1 aliphatic carbocycles. The van der Waals surface area contributed by atoms with E-state index in [1.54, 1.807) is 18.2 Å². The lowest BCUT2D eigenvalue weighted by molar-refractivity contribution is -0.119. The zero-order valence-corrected chi connectivity index (χ0v) is 17.1. The highest BCUT2D eigenvalue weighted by Crippen LogP contribution is 2.38. The van der Waals surface area contributed by atoms with Crippen LogP contribution in [-0.2, 0) is 11.2 Å². The van der Waals surface area contributed by atoms with Crippen molar-refractivity contribution >= 4 is 5.91 Å². The summed E-state index contributed by atoms with van der Waals surface area (Å²) in [5, 5.41) is 16.6. The first-order chi connectivity index (χ1) is 14.5. The standard InChI is InChI=1S/C23H22N4O3/c1-13(2)29-21-15(12-24)6-4-9-19(21)23-26-22(27-30-23)18-8-5-7-17-16(18)10-11-20(17)25-14(3)28/h4-9,13,20H,10-11H2,1-3H3,(H,25,28). The van der Waals surface area contributed by atoms with E-state index in [-0.39, 0.29) is 18.1 Å². The highest BCUT2D eigenvalue weighted by Gasteiger charge is 2.27. The summed E-state index contributed by atoms with van der Waals surface area (Å²) in [7, 11) is 0. The quantitative estimate of drug-likeness (QED) is 0.687. The average Bonchev–Trinajstić information content (AvgIpc) is 3.35. The van der Waals surface area contributed by atoms with E-state index in [1.807, 2.05) is 32.0 Å². The molecule has 152 valence electrons. The van der Waals surface area contributed by atoms with Gasteiger partial charge in [0.15, 0.2) is 0 Å². The molecule has 0 bridgehead atoms. The largest absolute Gasteiger partial charge is 0.489 e. The van der Waals surface area contributed by atoms with Crippen molar-refractivity contribution in [2.45, 2.75) is 45.8 Å². The van der Waals surface area contributed by atoms with Crippen LogP contribution >= 0.6 is 0 Å². The molecule has 2 aromatic carbocycles. The topological polar surface area (TPSA) is 101 Å². The van der Waals surface area contributed by atoms with Crippen LogP contribution < -0.4 is 10.1 Å². The van der Waals surface area contributed by atoms with Crippen LogP contribution in [-0.4, -0.2) is 22.2 Å². The molecular weight excluding hydrogens is 380 g/mol. The van der Waals surface area contributed by atoms with Gasteiger partial charge in [0.2, 0.25) is 11.7 Å². The molecule has 1 N–H and O–H groups in total. The molecule has 1 aromatic heterocycles. The molecule has 1 amide bonds. The van der Waals surface area contributed by atoms with Gasteiger partial charge in [-0.2, -0.15) is 10.2 Å². The second kappa shape index (κ2) is 7.99. The van der Waals surface area contributed by atoms with Gasteiger partial charge in [0, 0.05) is 12.5 Å². The Bertz CT molecular complexity index is 1140. The summed E-state index contributed by atoms with van der Waals surface area (Å²) < 4.78 is 11.4. The summed E-state index contributed by atoms with van der Waals surface area (Å²) in [4.78, 5) is 16.1. The Hall–Kier alpha value is -3.66. The fraction of sp³-hybridized carbons (Fsp3) is 0.304. The smallest absolute Gasteiger partial charge is 0.262 e. The number of amides is 1. The van der Waals surface area contributed by atoms with Gasteiger partial charge in [-0.15, -0.1) is 0 Å². The third kappa shape index (κ3) is 3.64. The lowest BCUT2D eigenvalue weighted by Crippen LogP contribution is -2.24. The molecule has 1 heterocycles. The number of nitrogens with zero attached hydrogens (tertiary/aromatic N) is 3. The number of hydrogen-bond acceptors (Lipinski definition) is 6. The third-order valence-corrected chi connectivity index (χ3v) is 5.03. The number of para-hydroxylation sites is 1. The Morgan fingerprint density at radius 3 is 2.77 bits per heavy atom. The number of aromatic nitrogens is 2. The van der Waals surface area contributed by atoms with E-state index >= 15 is 0 Å². The number of benzene rings is 2. The Labute approximate surface area is 174 Å². The highest BCUT2D eigenvalue weighted by molar-refractivity contribution is 5.75. The van der Waals surface area contributed by atoms with Gasteiger partial charge in [0.1, 0.15) is 11.8 Å². The van der Waals surface area contributed by atoms with E-state index in [2.05, 4.69) is 21.5 Å². The van der Waals surface area contributed by atoms with Crippen molar-refractivity contribution in [2.75, 3.05) is 0 Å². The Morgan fingerprint density at radius 2 is 2.03 bits per heavy atom. The SMILES string of the molecule is CC(=O)NC1CCc2c(-c3noc(-c4cccc(C#N)c4OC(C)C)n3)cccc21. The number of nitriles is 1. The second-order valence-electron chi connectivity index (χ2n) is 7.55. The first kappa shape index (κ1) is 19.6. The van der Waals surface area contributed by atoms with Crippen LogP contribution in [0.1, 0.15) is 49.9 Å². The zero-order chi connectivity index (χ0) is 21.3. The predicted octanol–water partition coefficient (Wildman–Crippen LogP) is 4.19. The molecule has 1 aliphatic rings. The Kier molecular flexibility index (Phi) is 5.23.